The first-order valence-corrected chi connectivity index (χ1v) is 6.32. The van der Waals surface area contributed by atoms with Crippen molar-refractivity contribution in [3.63, 3.8) is 0 Å². The molecule has 0 spiro atoms. The third kappa shape index (κ3) is 6.48. The van der Waals surface area contributed by atoms with Gasteiger partial charge in [0, 0.05) is 22.7 Å². The van der Waals surface area contributed by atoms with Crippen LogP contribution in [0.2, 0.25) is 0 Å². The Morgan fingerprint density at radius 1 is 1.29 bits per heavy atom. The van der Waals surface area contributed by atoms with Gasteiger partial charge in [-0.2, -0.15) is 8.78 Å². The van der Waals surface area contributed by atoms with Gasteiger partial charge in [-0.15, -0.1) is 0 Å². The van der Waals surface area contributed by atoms with Crippen molar-refractivity contribution in [3.05, 3.63) is 24.3 Å². The van der Waals surface area contributed by atoms with Crippen molar-refractivity contribution < 1.29 is 8.78 Å². The second kappa shape index (κ2) is 6.21. The van der Waals surface area contributed by atoms with Gasteiger partial charge in [-0.3, -0.25) is 0 Å². The van der Waals surface area contributed by atoms with E-state index < -0.39 is 5.76 Å². The second-order valence-electron chi connectivity index (χ2n) is 4.57. The Morgan fingerprint density at radius 2 is 1.88 bits per heavy atom. The molecule has 3 N–H and O–H groups in total. The van der Waals surface area contributed by atoms with Gasteiger partial charge in [-0.1, -0.05) is 11.8 Å². The van der Waals surface area contributed by atoms with Crippen molar-refractivity contribution in [2.75, 3.05) is 11.9 Å². The molecule has 0 unspecified atom stereocenters. The van der Waals surface area contributed by atoms with Gasteiger partial charge in [0.05, 0.1) is 0 Å². The van der Waals surface area contributed by atoms with E-state index in [1.165, 1.54) is 0 Å². The number of hydrogen-bond donors (Lipinski definition) is 2. The first-order valence-electron chi connectivity index (χ1n) is 5.44. The molecular formula is C12H18F2N2S. The van der Waals surface area contributed by atoms with Crippen LogP contribution in [0, 0.1) is 0 Å². The summed E-state index contributed by atoms with van der Waals surface area (Å²) in [7, 11) is 0. The van der Waals surface area contributed by atoms with Crippen molar-refractivity contribution in [1.82, 2.24) is 0 Å². The third-order valence-corrected chi connectivity index (χ3v) is 2.90. The lowest BCUT2D eigenvalue weighted by Gasteiger charge is -2.18. The smallest absolute Gasteiger partial charge is 0.288 e. The Morgan fingerprint density at radius 3 is 2.35 bits per heavy atom. The first kappa shape index (κ1) is 14.3. The van der Waals surface area contributed by atoms with Gasteiger partial charge in [0.25, 0.3) is 5.76 Å². The Hall–Kier alpha value is -0.810. The maximum absolute atomic E-state index is 12.1. The number of thioether (sulfide) groups is 1. The number of rotatable bonds is 6. The molecule has 0 aromatic heterocycles. The molecule has 0 aliphatic heterocycles. The van der Waals surface area contributed by atoms with Crippen LogP contribution < -0.4 is 11.1 Å². The summed E-state index contributed by atoms with van der Waals surface area (Å²) < 4.78 is 24.2. The van der Waals surface area contributed by atoms with Crippen molar-refractivity contribution >= 4 is 17.4 Å². The Labute approximate surface area is 105 Å². The molecule has 96 valence electrons. The molecule has 0 saturated heterocycles. The number of nitrogens with two attached hydrogens (primary N) is 1. The summed E-state index contributed by atoms with van der Waals surface area (Å²) in [4.78, 5) is 0.574. The average molecular weight is 260 g/mol. The summed E-state index contributed by atoms with van der Waals surface area (Å²) in [5.74, 6) is -2.37. The Bertz CT molecular complexity index is 333. The highest BCUT2D eigenvalue weighted by atomic mass is 32.2. The van der Waals surface area contributed by atoms with Gasteiger partial charge in [-0.25, -0.2) is 0 Å². The monoisotopic (exact) mass is 260 g/mol. The molecule has 0 heterocycles. The summed E-state index contributed by atoms with van der Waals surface area (Å²) in [6, 6.07) is 6.97. The van der Waals surface area contributed by atoms with E-state index in [9.17, 15) is 8.78 Å². The minimum absolute atomic E-state index is 0.196. The largest absolute Gasteiger partial charge is 0.385 e. The van der Waals surface area contributed by atoms with Crippen molar-refractivity contribution in [3.8, 4) is 0 Å². The van der Waals surface area contributed by atoms with Crippen LogP contribution in [0.15, 0.2) is 29.2 Å². The second-order valence-corrected chi connectivity index (χ2v) is 5.63. The van der Waals surface area contributed by atoms with E-state index in [4.69, 9.17) is 5.73 Å². The fourth-order valence-electron chi connectivity index (χ4n) is 1.28. The standard InChI is InChI=1S/C12H18F2N2S/c1-12(2,15)7-8-16-9-3-5-10(6-4-9)17-11(13)14/h3-6,11,16H,7-8,15H2,1-2H3. The van der Waals surface area contributed by atoms with Crippen molar-refractivity contribution in [2.24, 2.45) is 5.73 Å². The molecule has 0 aliphatic carbocycles. The number of halogens is 2. The molecule has 0 atom stereocenters. The molecular weight excluding hydrogens is 242 g/mol. The summed E-state index contributed by atoms with van der Waals surface area (Å²) >= 11 is 0.554. The maximum Gasteiger partial charge on any atom is 0.288 e. The molecule has 0 saturated carbocycles. The topological polar surface area (TPSA) is 38.0 Å². The highest BCUT2D eigenvalue weighted by Gasteiger charge is 2.09. The van der Waals surface area contributed by atoms with E-state index >= 15 is 0 Å². The molecule has 0 bridgehead atoms. The van der Waals surface area contributed by atoms with Gasteiger partial charge >= 0.3 is 0 Å². The lowest BCUT2D eigenvalue weighted by Crippen LogP contribution is -2.34. The Kier molecular flexibility index (Phi) is 5.21. The maximum atomic E-state index is 12.1. The van der Waals surface area contributed by atoms with Gasteiger partial charge in [0.1, 0.15) is 0 Å². The number of nitrogens with one attached hydrogen (secondary N) is 1. The van der Waals surface area contributed by atoms with Crippen LogP contribution in [0.3, 0.4) is 0 Å². The fraction of sp³-hybridized carbons (Fsp3) is 0.500. The molecule has 0 amide bonds. The van der Waals surface area contributed by atoms with Crippen LogP contribution in [0.4, 0.5) is 14.5 Å². The zero-order valence-electron chi connectivity index (χ0n) is 10.0. The molecule has 1 rings (SSSR count). The lowest BCUT2D eigenvalue weighted by molar-refractivity contribution is 0.252. The number of benzene rings is 1. The molecule has 0 aliphatic rings. The minimum atomic E-state index is -2.37. The Balaban J connectivity index is 2.40. The van der Waals surface area contributed by atoms with E-state index in [-0.39, 0.29) is 5.54 Å². The van der Waals surface area contributed by atoms with Crippen LogP contribution in [-0.2, 0) is 0 Å². The number of anilines is 1. The molecule has 1 aromatic carbocycles. The highest BCUT2D eigenvalue weighted by Crippen LogP contribution is 2.26. The van der Waals surface area contributed by atoms with E-state index in [1.54, 1.807) is 24.3 Å². The third-order valence-electron chi connectivity index (χ3n) is 2.18. The minimum Gasteiger partial charge on any atom is -0.385 e. The molecule has 17 heavy (non-hydrogen) atoms. The lowest BCUT2D eigenvalue weighted by atomic mass is 10.0. The summed E-state index contributed by atoms with van der Waals surface area (Å²) in [5, 5.41) is 3.20. The van der Waals surface area contributed by atoms with Crippen LogP contribution >= 0.6 is 11.8 Å². The van der Waals surface area contributed by atoms with Crippen LogP contribution in [0.5, 0.6) is 0 Å². The van der Waals surface area contributed by atoms with Gasteiger partial charge in [0.2, 0.25) is 0 Å². The number of hydrogen-bond acceptors (Lipinski definition) is 3. The molecule has 1 aromatic rings. The molecule has 5 heteroatoms. The van der Waals surface area contributed by atoms with Gasteiger partial charge in [0.15, 0.2) is 0 Å². The quantitative estimate of drug-likeness (QED) is 0.768. The summed E-state index contributed by atoms with van der Waals surface area (Å²) in [5.41, 5.74) is 6.58. The SMILES string of the molecule is CC(C)(N)CCNc1ccc(SC(F)F)cc1. The molecule has 2 nitrogen and oxygen atoms in total. The van der Waals surface area contributed by atoms with Crippen LogP contribution in [-0.4, -0.2) is 17.8 Å². The van der Waals surface area contributed by atoms with E-state index in [2.05, 4.69) is 5.32 Å². The van der Waals surface area contributed by atoms with Gasteiger partial charge < -0.3 is 11.1 Å². The molecule has 0 radical (unpaired) electrons. The van der Waals surface area contributed by atoms with Crippen LogP contribution in [0.1, 0.15) is 20.3 Å². The van der Waals surface area contributed by atoms with E-state index in [0.717, 1.165) is 18.7 Å². The van der Waals surface area contributed by atoms with E-state index in [1.807, 2.05) is 13.8 Å². The number of alkyl halides is 2. The first-order chi connectivity index (χ1) is 7.87. The fourth-order valence-corrected chi connectivity index (χ4v) is 1.78. The predicted octanol–water partition coefficient (Wildman–Crippen LogP) is 3.54. The highest BCUT2D eigenvalue weighted by molar-refractivity contribution is 7.99. The van der Waals surface area contributed by atoms with Crippen LogP contribution in [0.25, 0.3) is 0 Å². The van der Waals surface area contributed by atoms with E-state index in [0.29, 0.717) is 16.7 Å². The predicted molar refractivity (Wildman–Crippen MR) is 69.7 cm³/mol. The summed E-state index contributed by atoms with van der Waals surface area (Å²) in [6.45, 7) is 4.71. The molecule has 0 fully saturated rings. The van der Waals surface area contributed by atoms with Crippen molar-refractivity contribution in [2.45, 2.75) is 36.5 Å². The normalized spacial score (nSPS) is 11.9. The summed E-state index contributed by atoms with van der Waals surface area (Å²) in [6.07, 6.45) is 0.848. The van der Waals surface area contributed by atoms with Gasteiger partial charge in [-0.05, 0) is 44.5 Å². The zero-order valence-corrected chi connectivity index (χ0v) is 10.9. The van der Waals surface area contributed by atoms with Crippen molar-refractivity contribution in [1.29, 1.82) is 0 Å². The zero-order chi connectivity index (χ0) is 12.9. The average Bonchev–Trinajstić information content (AvgIpc) is 2.18.